The van der Waals surface area contributed by atoms with Gasteiger partial charge in [0.05, 0.1) is 6.61 Å². The number of halogens is 3. The van der Waals surface area contributed by atoms with Crippen molar-refractivity contribution >= 4 is 0 Å². The largest absolute Gasteiger partial charge is 0.493 e. The number of rotatable bonds is 2. The van der Waals surface area contributed by atoms with Gasteiger partial charge in [0.25, 0.3) is 0 Å². The Labute approximate surface area is 99.1 Å². The summed E-state index contributed by atoms with van der Waals surface area (Å²) in [4.78, 5) is 3.79. The van der Waals surface area contributed by atoms with Crippen LogP contribution in [0.3, 0.4) is 0 Å². The maximum atomic E-state index is 12.4. The van der Waals surface area contributed by atoms with Crippen LogP contribution in [-0.2, 0) is 12.8 Å². The molecule has 2 aromatic heterocycles. The molecule has 0 saturated carbocycles. The minimum absolute atomic E-state index is 0.0280. The third-order valence-corrected chi connectivity index (χ3v) is 2.19. The summed E-state index contributed by atoms with van der Waals surface area (Å²) in [7, 11) is 0. The molecule has 8 heteroatoms. The summed E-state index contributed by atoms with van der Waals surface area (Å²) in [5, 5.41) is 21.4. The summed E-state index contributed by atoms with van der Waals surface area (Å²) in [5.74, 6) is -0.633. The van der Waals surface area contributed by atoms with Crippen molar-refractivity contribution < 1.29 is 23.4 Å². The number of hydrogen-bond acceptors (Lipinski definition) is 4. The van der Waals surface area contributed by atoms with E-state index in [-0.39, 0.29) is 12.4 Å². The second-order valence-corrected chi connectivity index (χ2v) is 3.48. The Morgan fingerprint density at radius 3 is 2.44 bits per heavy atom. The van der Waals surface area contributed by atoms with Crippen LogP contribution in [0.15, 0.2) is 24.4 Å². The van der Waals surface area contributed by atoms with Gasteiger partial charge in [-0.3, -0.25) is 0 Å². The van der Waals surface area contributed by atoms with Gasteiger partial charge in [0.2, 0.25) is 5.88 Å². The summed E-state index contributed by atoms with van der Waals surface area (Å²) in [6, 6.07) is 3.33. The van der Waals surface area contributed by atoms with Crippen LogP contribution in [0.2, 0.25) is 0 Å². The topological polar surface area (TPSA) is 71.2 Å². The highest BCUT2D eigenvalue weighted by atomic mass is 19.4. The third-order valence-electron chi connectivity index (χ3n) is 2.19. The van der Waals surface area contributed by atoms with Gasteiger partial charge in [-0.2, -0.15) is 23.0 Å². The number of pyridine rings is 1. The summed E-state index contributed by atoms with van der Waals surface area (Å²) < 4.78 is 37.8. The number of aromatic hydroxyl groups is 1. The first-order valence-corrected chi connectivity index (χ1v) is 4.84. The first kappa shape index (κ1) is 12.4. The number of aliphatic hydroxyl groups excluding tert-OH is 1. The molecule has 0 fully saturated rings. The van der Waals surface area contributed by atoms with E-state index in [2.05, 4.69) is 10.1 Å². The molecule has 0 amide bonds. The van der Waals surface area contributed by atoms with Crippen LogP contribution in [0, 0.1) is 0 Å². The minimum atomic E-state index is -4.63. The van der Waals surface area contributed by atoms with Crippen LogP contribution in [0.5, 0.6) is 5.88 Å². The Morgan fingerprint density at radius 1 is 1.28 bits per heavy atom. The van der Waals surface area contributed by atoms with E-state index in [1.54, 1.807) is 0 Å². The summed E-state index contributed by atoms with van der Waals surface area (Å²) in [5.41, 5.74) is -0.700. The summed E-state index contributed by atoms with van der Waals surface area (Å²) in [6.45, 7) is -0.230. The van der Waals surface area contributed by atoms with Crippen LogP contribution < -0.4 is 0 Å². The van der Waals surface area contributed by atoms with Crippen LogP contribution >= 0.6 is 0 Å². The van der Waals surface area contributed by atoms with Crippen molar-refractivity contribution in [3.8, 4) is 11.7 Å². The molecule has 0 aliphatic rings. The van der Waals surface area contributed by atoms with Gasteiger partial charge in [-0.05, 0) is 11.6 Å². The van der Waals surface area contributed by atoms with E-state index in [0.717, 1.165) is 0 Å². The molecule has 0 aromatic carbocycles. The third kappa shape index (κ3) is 2.28. The lowest BCUT2D eigenvalue weighted by Crippen LogP contribution is -2.07. The maximum absolute atomic E-state index is 12.4. The van der Waals surface area contributed by atoms with E-state index in [1.165, 1.54) is 18.3 Å². The average molecular weight is 259 g/mol. The molecular weight excluding hydrogens is 251 g/mol. The highest BCUT2D eigenvalue weighted by Gasteiger charge is 2.35. The predicted molar refractivity (Wildman–Crippen MR) is 53.9 cm³/mol. The van der Waals surface area contributed by atoms with Crippen molar-refractivity contribution in [3.05, 3.63) is 35.7 Å². The SMILES string of the molecule is OCc1ccc(-n2nc(C(F)(F)F)cc2O)nc1. The van der Waals surface area contributed by atoms with Gasteiger partial charge in [0, 0.05) is 12.3 Å². The van der Waals surface area contributed by atoms with Crippen LogP contribution in [0.1, 0.15) is 11.3 Å². The Bertz CT molecular complexity index is 548. The van der Waals surface area contributed by atoms with Gasteiger partial charge in [-0.1, -0.05) is 6.07 Å². The predicted octanol–water partition coefficient (Wildman–Crippen LogP) is 1.48. The Balaban J connectivity index is 2.41. The van der Waals surface area contributed by atoms with E-state index >= 15 is 0 Å². The van der Waals surface area contributed by atoms with Crippen molar-refractivity contribution in [2.45, 2.75) is 12.8 Å². The minimum Gasteiger partial charge on any atom is -0.493 e. The molecule has 0 aliphatic carbocycles. The average Bonchev–Trinajstić information content (AvgIpc) is 2.71. The van der Waals surface area contributed by atoms with Crippen molar-refractivity contribution in [1.82, 2.24) is 14.8 Å². The van der Waals surface area contributed by atoms with Crippen LogP contribution in [0.25, 0.3) is 5.82 Å². The van der Waals surface area contributed by atoms with E-state index in [0.29, 0.717) is 16.3 Å². The number of alkyl halides is 3. The van der Waals surface area contributed by atoms with Crippen LogP contribution in [-0.4, -0.2) is 25.0 Å². The fourth-order valence-corrected chi connectivity index (χ4v) is 1.31. The van der Waals surface area contributed by atoms with Gasteiger partial charge in [-0.25, -0.2) is 4.98 Å². The summed E-state index contributed by atoms with van der Waals surface area (Å²) in [6.07, 6.45) is -3.35. The fourth-order valence-electron chi connectivity index (χ4n) is 1.31. The molecule has 18 heavy (non-hydrogen) atoms. The molecule has 0 saturated heterocycles. The van der Waals surface area contributed by atoms with Gasteiger partial charge in [-0.15, -0.1) is 0 Å². The summed E-state index contributed by atoms with van der Waals surface area (Å²) >= 11 is 0. The molecule has 2 rings (SSSR count). The zero-order chi connectivity index (χ0) is 13.3. The molecule has 96 valence electrons. The van der Waals surface area contributed by atoms with Crippen molar-refractivity contribution in [3.63, 3.8) is 0 Å². The Kier molecular flexibility index (Phi) is 2.95. The smallest absolute Gasteiger partial charge is 0.435 e. The van der Waals surface area contributed by atoms with E-state index in [9.17, 15) is 18.3 Å². The molecular formula is C10H8F3N3O2. The van der Waals surface area contributed by atoms with Gasteiger partial charge >= 0.3 is 6.18 Å². The molecule has 2 aromatic rings. The quantitative estimate of drug-likeness (QED) is 0.857. The number of nitrogens with zero attached hydrogens (tertiary/aromatic N) is 3. The number of aliphatic hydroxyl groups is 1. The highest BCUT2D eigenvalue weighted by molar-refractivity contribution is 5.31. The Hall–Kier alpha value is -2.09. The van der Waals surface area contributed by atoms with Gasteiger partial charge in [0.15, 0.2) is 11.5 Å². The molecule has 0 radical (unpaired) electrons. The first-order valence-electron chi connectivity index (χ1n) is 4.84. The van der Waals surface area contributed by atoms with Crippen molar-refractivity contribution in [1.29, 1.82) is 0 Å². The monoisotopic (exact) mass is 259 g/mol. The molecule has 0 atom stereocenters. The fraction of sp³-hybridized carbons (Fsp3) is 0.200. The van der Waals surface area contributed by atoms with E-state index in [4.69, 9.17) is 5.11 Å². The maximum Gasteiger partial charge on any atom is 0.435 e. The standard InChI is InChI=1S/C10H8F3N3O2/c11-10(12,13)7-3-9(18)16(15-7)8-2-1-6(5-17)4-14-8/h1-4,17-18H,5H2. The highest BCUT2D eigenvalue weighted by Crippen LogP contribution is 2.31. The normalized spacial score (nSPS) is 11.8. The van der Waals surface area contributed by atoms with E-state index in [1.807, 2.05) is 0 Å². The molecule has 2 heterocycles. The molecule has 0 spiro atoms. The second-order valence-electron chi connectivity index (χ2n) is 3.48. The zero-order valence-electron chi connectivity index (χ0n) is 8.89. The van der Waals surface area contributed by atoms with Crippen molar-refractivity contribution in [2.24, 2.45) is 0 Å². The Morgan fingerprint density at radius 2 is 2.00 bits per heavy atom. The number of hydrogen-bond donors (Lipinski definition) is 2. The molecule has 0 aliphatic heterocycles. The lowest BCUT2D eigenvalue weighted by Gasteiger charge is -2.03. The molecule has 5 nitrogen and oxygen atoms in total. The molecule has 0 unspecified atom stereocenters. The van der Waals surface area contributed by atoms with Crippen molar-refractivity contribution in [2.75, 3.05) is 0 Å². The molecule has 0 bridgehead atoms. The lowest BCUT2D eigenvalue weighted by molar-refractivity contribution is -0.141. The van der Waals surface area contributed by atoms with Crippen LogP contribution in [0.4, 0.5) is 13.2 Å². The zero-order valence-corrected chi connectivity index (χ0v) is 8.89. The first-order chi connectivity index (χ1) is 8.41. The van der Waals surface area contributed by atoms with Gasteiger partial charge < -0.3 is 10.2 Å². The molecule has 2 N–H and O–H groups in total. The second kappa shape index (κ2) is 4.30. The van der Waals surface area contributed by atoms with Gasteiger partial charge in [0.1, 0.15) is 0 Å². The lowest BCUT2D eigenvalue weighted by atomic mass is 10.3. The number of aromatic nitrogens is 3. The van der Waals surface area contributed by atoms with E-state index < -0.39 is 17.8 Å².